The Bertz CT molecular complexity index is 434. The summed E-state index contributed by atoms with van der Waals surface area (Å²) in [5, 5.41) is 4.85. The van der Waals surface area contributed by atoms with Gasteiger partial charge in [-0.25, -0.2) is 0 Å². The van der Waals surface area contributed by atoms with Gasteiger partial charge in [0.15, 0.2) is 0 Å². The number of carbonyl (C=O) groups is 1. The molecule has 16 heavy (non-hydrogen) atoms. The first-order chi connectivity index (χ1) is 7.75. The summed E-state index contributed by atoms with van der Waals surface area (Å²) in [6, 6.07) is 5.71. The number of carbonyl (C=O) groups excluding carboxylic acids is 1. The van der Waals surface area contributed by atoms with E-state index in [1.807, 2.05) is 30.5 Å². The number of nitrogens with one attached hydrogen (secondary N) is 1. The van der Waals surface area contributed by atoms with Crippen molar-refractivity contribution >= 4 is 17.2 Å². The zero-order valence-electron chi connectivity index (χ0n) is 8.97. The molecule has 0 aliphatic heterocycles. The Morgan fingerprint density at radius 3 is 3.06 bits per heavy atom. The summed E-state index contributed by atoms with van der Waals surface area (Å²) < 4.78 is 4.98. The minimum Gasteiger partial charge on any atom is -0.472 e. The van der Waals surface area contributed by atoms with Crippen molar-refractivity contribution in [1.82, 2.24) is 5.32 Å². The molecule has 1 amide bonds. The van der Waals surface area contributed by atoms with Gasteiger partial charge in [-0.3, -0.25) is 4.79 Å². The highest BCUT2D eigenvalue weighted by molar-refractivity contribution is 7.12. The predicted octanol–water partition coefficient (Wildman–Crippen LogP) is 2.70. The lowest BCUT2D eigenvalue weighted by molar-refractivity contribution is 0.0944. The van der Waals surface area contributed by atoms with Crippen LogP contribution >= 0.6 is 11.3 Å². The van der Waals surface area contributed by atoms with Crippen molar-refractivity contribution in [2.45, 2.75) is 19.4 Å². The molecule has 0 aromatic carbocycles. The van der Waals surface area contributed by atoms with Gasteiger partial charge in [-0.15, -0.1) is 11.3 Å². The average Bonchev–Trinajstić information content (AvgIpc) is 2.88. The summed E-state index contributed by atoms with van der Waals surface area (Å²) in [5.41, 5.74) is 1.10. The molecule has 2 aromatic rings. The van der Waals surface area contributed by atoms with Crippen LogP contribution in [0.3, 0.4) is 0 Å². The lowest BCUT2D eigenvalue weighted by Gasteiger charge is -2.11. The Morgan fingerprint density at radius 2 is 2.44 bits per heavy atom. The standard InChI is InChI=1S/C12H13NO2S/c1-9(7-10-4-5-15-8-10)13-12(14)11-3-2-6-16-11/h2-6,8-9H,7H2,1H3,(H,13,14). The van der Waals surface area contributed by atoms with E-state index in [-0.39, 0.29) is 11.9 Å². The molecule has 0 saturated heterocycles. The first-order valence-corrected chi connectivity index (χ1v) is 5.99. The minimum atomic E-state index is -0.00834. The number of furan rings is 1. The predicted molar refractivity (Wildman–Crippen MR) is 63.7 cm³/mol. The molecule has 0 aliphatic rings. The molecule has 1 atom stereocenters. The van der Waals surface area contributed by atoms with Gasteiger partial charge in [-0.05, 0) is 36.4 Å². The van der Waals surface area contributed by atoms with Crippen LogP contribution in [0.2, 0.25) is 0 Å². The van der Waals surface area contributed by atoms with E-state index < -0.39 is 0 Å². The van der Waals surface area contributed by atoms with Crippen LogP contribution in [0.4, 0.5) is 0 Å². The largest absolute Gasteiger partial charge is 0.472 e. The monoisotopic (exact) mass is 235 g/mol. The summed E-state index contributed by atoms with van der Waals surface area (Å²) in [6.07, 6.45) is 4.13. The summed E-state index contributed by atoms with van der Waals surface area (Å²) in [6.45, 7) is 1.98. The lowest BCUT2D eigenvalue weighted by atomic mass is 10.1. The lowest BCUT2D eigenvalue weighted by Crippen LogP contribution is -2.33. The SMILES string of the molecule is CC(Cc1ccoc1)NC(=O)c1cccs1. The van der Waals surface area contributed by atoms with Crippen LogP contribution in [0.1, 0.15) is 22.2 Å². The summed E-state index contributed by atoms with van der Waals surface area (Å²) >= 11 is 1.45. The topological polar surface area (TPSA) is 42.2 Å². The molecule has 0 spiro atoms. The molecule has 84 valence electrons. The number of thiophene rings is 1. The maximum atomic E-state index is 11.7. The zero-order valence-corrected chi connectivity index (χ0v) is 9.79. The smallest absolute Gasteiger partial charge is 0.261 e. The summed E-state index contributed by atoms with van der Waals surface area (Å²) in [4.78, 5) is 12.5. The van der Waals surface area contributed by atoms with E-state index >= 15 is 0 Å². The summed E-state index contributed by atoms with van der Waals surface area (Å²) in [5.74, 6) is -0.00834. The van der Waals surface area contributed by atoms with Crippen molar-refractivity contribution in [3.63, 3.8) is 0 Å². The van der Waals surface area contributed by atoms with Crippen LogP contribution in [-0.2, 0) is 6.42 Å². The Labute approximate surface area is 98.1 Å². The van der Waals surface area contributed by atoms with Crippen molar-refractivity contribution in [3.05, 3.63) is 46.5 Å². The van der Waals surface area contributed by atoms with Crippen molar-refractivity contribution in [1.29, 1.82) is 0 Å². The average molecular weight is 235 g/mol. The molecule has 2 aromatic heterocycles. The van der Waals surface area contributed by atoms with E-state index in [0.29, 0.717) is 0 Å². The normalized spacial score (nSPS) is 12.3. The van der Waals surface area contributed by atoms with Crippen molar-refractivity contribution in [2.24, 2.45) is 0 Å². The highest BCUT2D eigenvalue weighted by atomic mass is 32.1. The van der Waals surface area contributed by atoms with Gasteiger partial charge in [-0.2, -0.15) is 0 Å². The highest BCUT2D eigenvalue weighted by Gasteiger charge is 2.11. The maximum Gasteiger partial charge on any atom is 0.261 e. The molecule has 3 nitrogen and oxygen atoms in total. The zero-order chi connectivity index (χ0) is 11.4. The van der Waals surface area contributed by atoms with Crippen molar-refractivity contribution in [2.75, 3.05) is 0 Å². The van der Waals surface area contributed by atoms with Crippen LogP contribution in [0.5, 0.6) is 0 Å². The van der Waals surface area contributed by atoms with Gasteiger partial charge in [0, 0.05) is 6.04 Å². The Hall–Kier alpha value is -1.55. The molecular weight excluding hydrogens is 222 g/mol. The van der Waals surface area contributed by atoms with E-state index in [1.54, 1.807) is 12.5 Å². The second kappa shape index (κ2) is 4.99. The molecular formula is C12H13NO2S. The van der Waals surface area contributed by atoms with E-state index in [2.05, 4.69) is 5.32 Å². The maximum absolute atomic E-state index is 11.7. The van der Waals surface area contributed by atoms with Gasteiger partial charge >= 0.3 is 0 Å². The van der Waals surface area contributed by atoms with E-state index in [4.69, 9.17) is 4.42 Å². The second-order valence-electron chi connectivity index (χ2n) is 3.69. The van der Waals surface area contributed by atoms with Gasteiger partial charge in [0.25, 0.3) is 5.91 Å². The van der Waals surface area contributed by atoms with Crippen LogP contribution < -0.4 is 5.32 Å². The van der Waals surface area contributed by atoms with Crippen molar-refractivity contribution in [3.8, 4) is 0 Å². The molecule has 2 rings (SSSR count). The molecule has 2 heterocycles. The van der Waals surface area contributed by atoms with E-state index in [9.17, 15) is 4.79 Å². The third kappa shape index (κ3) is 2.73. The van der Waals surface area contributed by atoms with Crippen LogP contribution in [0.25, 0.3) is 0 Å². The first kappa shape index (κ1) is 11.0. The number of hydrogen-bond donors (Lipinski definition) is 1. The third-order valence-corrected chi connectivity index (χ3v) is 3.11. The number of amides is 1. The van der Waals surface area contributed by atoms with Crippen LogP contribution in [0, 0.1) is 0 Å². The summed E-state index contributed by atoms with van der Waals surface area (Å²) in [7, 11) is 0. The van der Waals surface area contributed by atoms with E-state index in [0.717, 1.165) is 16.9 Å². The molecule has 1 N–H and O–H groups in total. The second-order valence-corrected chi connectivity index (χ2v) is 4.64. The molecule has 0 radical (unpaired) electrons. The number of rotatable bonds is 4. The quantitative estimate of drug-likeness (QED) is 0.885. The molecule has 0 bridgehead atoms. The Kier molecular flexibility index (Phi) is 3.41. The molecule has 0 saturated carbocycles. The molecule has 0 fully saturated rings. The van der Waals surface area contributed by atoms with Gasteiger partial charge in [-0.1, -0.05) is 6.07 Å². The molecule has 0 aliphatic carbocycles. The van der Waals surface area contributed by atoms with Gasteiger partial charge in [0.2, 0.25) is 0 Å². The number of hydrogen-bond acceptors (Lipinski definition) is 3. The van der Waals surface area contributed by atoms with Gasteiger partial charge in [0.1, 0.15) is 0 Å². The third-order valence-electron chi connectivity index (χ3n) is 2.24. The van der Waals surface area contributed by atoms with Gasteiger partial charge in [0.05, 0.1) is 17.4 Å². The fourth-order valence-corrected chi connectivity index (χ4v) is 2.14. The van der Waals surface area contributed by atoms with Crippen LogP contribution in [-0.4, -0.2) is 11.9 Å². The fourth-order valence-electron chi connectivity index (χ4n) is 1.52. The molecule has 4 heteroatoms. The Balaban J connectivity index is 1.88. The first-order valence-electron chi connectivity index (χ1n) is 5.11. The van der Waals surface area contributed by atoms with Crippen LogP contribution in [0.15, 0.2) is 40.5 Å². The van der Waals surface area contributed by atoms with Crippen molar-refractivity contribution < 1.29 is 9.21 Å². The highest BCUT2D eigenvalue weighted by Crippen LogP contribution is 2.09. The van der Waals surface area contributed by atoms with Gasteiger partial charge < -0.3 is 9.73 Å². The fraction of sp³-hybridized carbons (Fsp3) is 0.250. The Morgan fingerprint density at radius 1 is 1.56 bits per heavy atom. The van der Waals surface area contributed by atoms with E-state index in [1.165, 1.54) is 11.3 Å². The minimum absolute atomic E-state index is 0.00834. The molecule has 1 unspecified atom stereocenters.